The van der Waals surface area contributed by atoms with Crippen LogP contribution in [-0.2, 0) is 13.6 Å². The summed E-state index contributed by atoms with van der Waals surface area (Å²) in [5.74, 6) is 3.18. The topological polar surface area (TPSA) is 87.9 Å². The van der Waals surface area contributed by atoms with Gasteiger partial charge >= 0.3 is 0 Å². The van der Waals surface area contributed by atoms with E-state index in [1.807, 2.05) is 19.2 Å². The fourth-order valence-corrected chi connectivity index (χ4v) is 3.06. The lowest BCUT2D eigenvalue weighted by Crippen LogP contribution is -3.00. The molecule has 10 heteroatoms. The number of halogens is 1. The van der Waals surface area contributed by atoms with E-state index >= 15 is 0 Å². The number of aromatic nitrogens is 4. The Hall–Kier alpha value is -1.71. The Kier molecular flexibility index (Phi) is 9.40. The number of nitrogens with zero attached hydrogens (tertiary/aromatic N) is 4. The molecule has 0 bridgehead atoms. The molecule has 0 atom stereocenters. The van der Waals surface area contributed by atoms with Crippen molar-refractivity contribution in [2.75, 3.05) is 33.6 Å². The van der Waals surface area contributed by atoms with Gasteiger partial charge in [0.15, 0.2) is 11.5 Å². The molecule has 0 aliphatic heterocycles. The Morgan fingerprint density at radius 3 is 2.36 bits per heavy atom. The van der Waals surface area contributed by atoms with Crippen molar-refractivity contribution in [1.82, 2.24) is 20.2 Å². The molecule has 1 heterocycles. The average Bonchev–Trinajstić information content (AvgIpc) is 3.02. The monoisotopic (exact) mass is 389 g/mol. The fourth-order valence-electron chi connectivity index (χ4n) is 2.24. The molecule has 0 radical (unpaired) electrons. The number of hydrogen-bond donors (Lipinski definition) is 1. The van der Waals surface area contributed by atoms with Gasteiger partial charge in [0.1, 0.15) is 12.3 Å². The van der Waals surface area contributed by atoms with Crippen molar-refractivity contribution < 1.29 is 31.9 Å². The Bertz CT molecular complexity index is 656. The van der Waals surface area contributed by atoms with Crippen LogP contribution in [0.25, 0.3) is 0 Å². The Morgan fingerprint density at radius 2 is 1.76 bits per heavy atom. The zero-order valence-corrected chi connectivity index (χ0v) is 16.4. The van der Waals surface area contributed by atoms with Crippen LogP contribution in [0.5, 0.6) is 17.2 Å². The summed E-state index contributed by atoms with van der Waals surface area (Å²) in [6, 6.07) is 3.83. The summed E-state index contributed by atoms with van der Waals surface area (Å²) in [7, 11) is 6.76. The third kappa shape index (κ3) is 5.94. The number of nitrogens with two attached hydrogens (primary N) is 1. The van der Waals surface area contributed by atoms with Gasteiger partial charge in [0.05, 0.1) is 33.4 Å². The SMILES string of the molecule is COc1cc(OC)c(OC)cc1C[NH2+]CCCSc1nnnn1C.[Cl-]. The summed E-state index contributed by atoms with van der Waals surface area (Å²) in [5.41, 5.74) is 1.08. The predicted molar refractivity (Wildman–Crippen MR) is 90.7 cm³/mol. The number of tetrazole rings is 1. The van der Waals surface area contributed by atoms with E-state index in [2.05, 4.69) is 20.8 Å². The maximum atomic E-state index is 5.44. The number of ether oxygens (including phenoxy) is 3. The molecular weight excluding hydrogens is 366 g/mol. The van der Waals surface area contributed by atoms with Crippen LogP contribution >= 0.6 is 11.8 Å². The van der Waals surface area contributed by atoms with Crippen LogP contribution in [0, 0.1) is 0 Å². The summed E-state index contributed by atoms with van der Waals surface area (Å²) in [4.78, 5) is 0. The van der Waals surface area contributed by atoms with Crippen molar-refractivity contribution in [3.05, 3.63) is 17.7 Å². The molecule has 0 fully saturated rings. The first-order valence-electron chi connectivity index (χ1n) is 7.65. The second kappa shape index (κ2) is 11.0. The standard InChI is InChI=1S/C15H23N5O3S.ClH/c1-20-15(17-18-19-20)24-7-5-6-16-10-11-8-13(22-3)14(23-4)9-12(11)21-2;/h8-9,16H,5-7,10H2,1-4H3;1H. The molecule has 1 aromatic carbocycles. The first-order chi connectivity index (χ1) is 11.7. The molecule has 0 saturated heterocycles. The zero-order valence-electron chi connectivity index (χ0n) is 14.9. The summed E-state index contributed by atoms with van der Waals surface area (Å²) in [6.07, 6.45) is 1.06. The van der Waals surface area contributed by atoms with Crippen molar-refractivity contribution >= 4 is 11.8 Å². The highest BCUT2D eigenvalue weighted by atomic mass is 35.5. The summed E-state index contributed by atoms with van der Waals surface area (Å²) in [6.45, 7) is 1.83. The van der Waals surface area contributed by atoms with Gasteiger partial charge in [-0.3, -0.25) is 0 Å². The van der Waals surface area contributed by atoms with Crippen LogP contribution in [0.4, 0.5) is 0 Å². The maximum Gasteiger partial charge on any atom is 0.209 e. The zero-order chi connectivity index (χ0) is 17.4. The smallest absolute Gasteiger partial charge is 0.209 e. The third-order valence-corrected chi connectivity index (χ3v) is 4.61. The van der Waals surface area contributed by atoms with Crippen molar-refractivity contribution in [2.45, 2.75) is 18.1 Å². The lowest BCUT2D eigenvalue weighted by molar-refractivity contribution is -0.670. The molecule has 0 spiro atoms. The fraction of sp³-hybridized carbons (Fsp3) is 0.533. The number of rotatable bonds is 10. The van der Waals surface area contributed by atoms with E-state index in [1.54, 1.807) is 37.8 Å². The first kappa shape index (κ1) is 21.3. The van der Waals surface area contributed by atoms with E-state index in [0.717, 1.165) is 41.7 Å². The van der Waals surface area contributed by atoms with E-state index in [9.17, 15) is 0 Å². The van der Waals surface area contributed by atoms with Crippen LogP contribution in [-0.4, -0.2) is 53.8 Å². The molecule has 0 saturated carbocycles. The number of thioether (sulfide) groups is 1. The number of aryl methyl sites for hydroxylation is 1. The van der Waals surface area contributed by atoms with Gasteiger partial charge < -0.3 is 31.9 Å². The molecule has 0 aliphatic rings. The Balaban J connectivity index is 0.00000312. The van der Waals surface area contributed by atoms with Crippen molar-refractivity contribution in [3.63, 3.8) is 0 Å². The number of methoxy groups -OCH3 is 3. The molecule has 140 valence electrons. The van der Waals surface area contributed by atoms with Gasteiger partial charge in [-0.1, -0.05) is 11.8 Å². The summed E-state index contributed by atoms with van der Waals surface area (Å²) in [5, 5.41) is 14.5. The Morgan fingerprint density at radius 1 is 1.08 bits per heavy atom. The maximum absolute atomic E-state index is 5.44. The van der Waals surface area contributed by atoms with Gasteiger partial charge in [0.2, 0.25) is 5.16 Å². The molecule has 2 aromatic rings. The lowest BCUT2D eigenvalue weighted by atomic mass is 10.1. The predicted octanol–water partition coefficient (Wildman–Crippen LogP) is -2.51. The number of benzene rings is 1. The van der Waals surface area contributed by atoms with Gasteiger partial charge in [-0.25, -0.2) is 4.68 Å². The third-order valence-electron chi connectivity index (χ3n) is 3.52. The second-order valence-electron chi connectivity index (χ2n) is 5.09. The molecule has 1 aromatic heterocycles. The van der Waals surface area contributed by atoms with E-state index in [1.165, 1.54) is 0 Å². The second-order valence-corrected chi connectivity index (χ2v) is 6.15. The molecule has 0 aliphatic carbocycles. The summed E-state index contributed by atoms with van der Waals surface area (Å²) < 4.78 is 17.8. The molecule has 25 heavy (non-hydrogen) atoms. The van der Waals surface area contributed by atoms with Crippen LogP contribution in [0.1, 0.15) is 12.0 Å². The van der Waals surface area contributed by atoms with Crippen LogP contribution in [0.3, 0.4) is 0 Å². The highest BCUT2D eigenvalue weighted by Crippen LogP contribution is 2.34. The van der Waals surface area contributed by atoms with Crippen LogP contribution in [0.15, 0.2) is 17.3 Å². The van der Waals surface area contributed by atoms with Crippen molar-refractivity contribution in [3.8, 4) is 17.2 Å². The van der Waals surface area contributed by atoms with Gasteiger partial charge in [-0.05, 0) is 16.5 Å². The average molecular weight is 390 g/mol. The van der Waals surface area contributed by atoms with Gasteiger partial charge in [0.25, 0.3) is 0 Å². The van der Waals surface area contributed by atoms with Crippen LogP contribution in [0.2, 0.25) is 0 Å². The Labute approximate surface area is 158 Å². The first-order valence-corrected chi connectivity index (χ1v) is 8.63. The van der Waals surface area contributed by atoms with Crippen molar-refractivity contribution in [2.24, 2.45) is 7.05 Å². The van der Waals surface area contributed by atoms with Gasteiger partial charge in [-0.15, -0.1) is 5.10 Å². The minimum atomic E-state index is 0. The minimum absolute atomic E-state index is 0. The van der Waals surface area contributed by atoms with Gasteiger partial charge in [-0.2, -0.15) is 0 Å². The highest BCUT2D eigenvalue weighted by molar-refractivity contribution is 7.99. The largest absolute Gasteiger partial charge is 1.00 e. The van der Waals surface area contributed by atoms with E-state index < -0.39 is 0 Å². The number of quaternary nitrogens is 1. The van der Waals surface area contributed by atoms with Gasteiger partial charge in [0, 0.05) is 25.3 Å². The van der Waals surface area contributed by atoms with E-state index in [4.69, 9.17) is 14.2 Å². The molecule has 0 unspecified atom stereocenters. The molecule has 2 rings (SSSR count). The van der Waals surface area contributed by atoms with Crippen LogP contribution < -0.4 is 31.9 Å². The quantitative estimate of drug-likeness (QED) is 0.354. The minimum Gasteiger partial charge on any atom is -1.00 e. The molecular formula is C15H24ClN5O3S. The number of hydrogen-bond acceptors (Lipinski definition) is 7. The summed E-state index contributed by atoms with van der Waals surface area (Å²) >= 11 is 1.66. The molecule has 2 N–H and O–H groups in total. The van der Waals surface area contributed by atoms with Crippen molar-refractivity contribution in [1.29, 1.82) is 0 Å². The lowest BCUT2D eigenvalue weighted by Gasteiger charge is -2.13. The molecule has 0 amide bonds. The highest BCUT2D eigenvalue weighted by Gasteiger charge is 2.12. The molecule has 8 nitrogen and oxygen atoms in total. The van der Waals surface area contributed by atoms with E-state index in [-0.39, 0.29) is 12.4 Å². The van der Waals surface area contributed by atoms with E-state index in [0.29, 0.717) is 11.5 Å². The normalized spacial score (nSPS) is 10.2.